The van der Waals surface area contributed by atoms with E-state index in [0.717, 1.165) is 0 Å². The standard InChI is InChI=1S/C14H20F2O3/c1-14(2,18-3)8-7-12(17)10-5-4-6-11(9-10)19-13(15)16/h4-6,9,12-13,17H,7-8H2,1-3H3. The van der Waals surface area contributed by atoms with E-state index in [4.69, 9.17) is 4.74 Å². The van der Waals surface area contributed by atoms with Crippen LogP contribution in [0.1, 0.15) is 38.4 Å². The van der Waals surface area contributed by atoms with Crippen LogP contribution >= 0.6 is 0 Å². The Kier molecular flexibility index (Phi) is 5.69. The Morgan fingerprint density at radius 2 is 2.00 bits per heavy atom. The van der Waals surface area contributed by atoms with E-state index in [1.165, 1.54) is 12.1 Å². The second-order valence-electron chi connectivity index (χ2n) is 4.97. The number of methoxy groups -OCH3 is 1. The first-order valence-corrected chi connectivity index (χ1v) is 6.12. The van der Waals surface area contributed by atoms with Gasteiger partial charge >= 0.3 is 6.61 Å². The first kappa shape index (κ1) is 15.9. The minimum absolute atomic E-state index is 0.0533. The number of aliphatic hydroxyl groups excluding tert-OH is 1. The van der Waals surface area contributed by atoms with Gasteiger partial charge in [-0.05, 0) is 44.4 Å². The number of hydrogen-bond acceptors (Lipinski definition) is 3. The molecule has 0 aliphatic rings. The highest BCUT2D eigenvalue weighted by Gasteiger charge is 2.19. The molecule has 0 aromatic heterocycles. The lowest BCUT2D eigenvalue weighted by Gasteiger charge is -2.24. The van der Waals surface area contributed by atoms with E-state index >= 15 is 0 Å². The van der Waals surface area contributed by atoms with E-state index in [9.17, 15) is 13.9 Å². The van der Waals surface area contributed by atoms with Gasteiger partial charge in [-0.2, -0.15) is 8.78 Å². The fourth-order valence-electron chi connectivity index (χ4n) is 1.65. The number of aliphatic hydroxyl groups is 1. The molecule has 3 nitrogen and oxygen atoms in total. The lowest BCUT2D eigenvalue weighted by atomic mass is 9.96. The maximum absolute atomic E-state index is 12.1. The van der Waals surface area contributed by atoms with Gasteiger partial charge in [0, 0.05) is 7.11 Å². The van der Waals surface area contributed by atoms with Crippen molar-refractivity contribution in [1.29, 1.82) is 0 Å². The van der Waals surface area contributed by atoms with Gasteiger partial charge in [0.05, 0.1) is 11.7 Å². The zero-order valence-corrected chi connectivity index (χ0v) is 11.4. The first-order valence-electron chi connectivity index (χ1n) is 6.12. The Morgan fingerprint density at radius 1 is 1.32 bits per heavy atom. The molecule has 0 aliphatic carbocycles. The third-order valence-electron chi connectivity index (χ3n) is 3.04. The van der Waals surface area contributed by atoms with Gasteiger partial charge in [0.15, 0.2) is 0 Å². The fraction of sp³-hybridized carbons (Fsp3) is 0.571. The van der Waals surface area contributed by atoms with Crippen molar-refractivity contribution in [2.45, 2.75) is 45.0 Å². The van der Waals surface area contributed by atoms with Crippen molar-refractivity contribution in [3.05, 3.63) is 29.8 Å². The minimum Gasteiger partial charge on any atom is -0.435 e. The predicted molar refractivity (Wildman–Crippen MR) is 68.4 cm³/mol. The average Bonchev–Trinajstić information content (AvgIpc) is 2.35. The summed E-state index contributed by atoms with van der Waals surface area (Å²) in [5.41, 5.74) is 0.239. The molecule has 19 heavy (non-hydrogen) atoms. The number of halogens is 2. The van der Waals surface area contributed by atoms with Crippen LogP contribution in [0.3, 0.4) is 0 Å². The van der Waals surface area contributed by atoms with Crippen molar-refractivity contribution in [1.82, 2.24) is 0 Å². The Morgan fingerprint density at radius 3 is 2.58 bits per heavy atom. The van der Waals surface area contributed by atoms with Crippen molar-refractivity contribution in [2.24, 2.45) is 0 Å². The lowest BCUT2D eigenvalue weighted by Crippen LogP contribution is -2.23. The van der Waals surface area contributed by atoms with Gasteiger partial charge in [-0.25, -0.2) is 0 Å². The zero-order valence-electron chi connectivity index (χ0n) is 11.4. The summed E-state index contributed by atoms with van der Waals surface area (Å²) in [6.07, 6.45) is 0.416. The molecule has 1 atom stereocenters. The summed E-state index contributed by atoms with van der Waals surface area (Å²) >= 11 is 0. The Labute approximate surface area is 112 Å². The fourth-order valence-corrected chi connectivity index (χ4v) is 1.65. The molecule has 1 rings (SSSR count). The summed E-state index contributed by atoms with van der Waals surface area (Å²) in [6, 6.07) is 6.12. The average molecular weight is 274 g/mol. The zero-order chi connectivity index (χ0) is 14.5. The summed E-state index contributed by atoms with van der Waals surface area (Å²) in [5.74, 6) is 0.0533. The van der Waals surface area contributed by atoms with Crippen LogP contribution in [0.4, 0.5) is 8.78 Å². The number of hydrogen-bond donors (Lipinski definition) is 1. The van der Waals surface area contributed by atoms with Crippen molar-refractivity contribution in [2.75, 3.05) is 7.11 Å². The third-order valence-corrected chi connectivity index (χ3v) is 3.04. The van der Waals surface area contributed by atoms with Gasteiger partial charge in [-0.1, -0.05) is 12.1 Å². The molecule has 1 N–H and O–H groups in total. The molecular formula is C14H20F2O3. The second-order valence-corrected chi connectivity index (χ2v) is 4.97. The highest BCUT2D eigenvalue weighted by atomic mass is 19.3. The SMILES string of the molecule is COC(C)(C)CCC(O)c1cccc(OC(F)F)c1. The Bertz CT molecular complexity index is 394. The molecule has 1 aromatic carbocycles. The van der Waals surface area contributed by atoms with Crippen LogP contribution < -0.4 is 4.74 Å². The molecule has 0 amide bonds. The predicted octanol–water partition coefficient (Wildman–Crippen LogP) is 3.53. The highest BCUT2D eigenvalue weighted by molar-refractivity contribution is 5.29. The first-order chi connectivity index (χ1) is 8.84. The molecular weight excluding hydrogens is 254 g/mol. The molecule has 0 saturated heterocycles. The number of alkyl halides is 2. The molecule has 0 radical (unpaired) electrons. The minimum atomic E-state index is -2.86. The Balaban J connectivity index is 2.64. The molecule has 1 aromatic rings. The Hall–Kier alpha value is -1.20. The summed E-state index contributed by atoms with van der Waals surface area (Å²) in [6.45, 7) is 0.992. The monoisotopic (exact) mass is 274 g/mol. The quantitative estimate of drug-likeness (QED) is 0.826. The number of rotatable bonds is 7. The van der Waals surface area contributed by atoms with Gasteiger partial charge < -0.3 is 14.6 Å². The third kappa shape index (κ3) is 5.53. The van der Waals surface area contributed by atoms with Gasteiger partial charge in [0.2, 0.25) is 0 Å². The van der Waals surface area contributed by atoms with Crippen molar-refractivity contribution >= 4 is 0 Å². The van der Waals surface area contributed by atoms with Crippen molar-refractivity contribution in [3.8, 4) is 5.75 Å². The van der Waals surface area contributed by atoms with E-state index in [0.29, 0.717) is 18.4 Å². The van der Waals surface area contributed by atoms with E-state index in [1.54, 1.807) is 19.2 Å². The lowest BCUT2D eigenvalue weighted by molar-refractivity contribution is -0.0500. The van der Waals surface area contributed by atoms with Crippen LogP contribution in [-0.4, -0.2) is 24.4 Å². The molecule has 0 saturated carbocycles. The topological polar surface area (TPSA) is 38.7 Å². The van der Waals surface area contributed by atoms with Crippen molar-refractivity contribution < 1.29 is 23.4 Å². The molecule has 5 heteroatoms. The smallest absolute Gasteiger partial charge is 0.387 e. The molecule has 0 aliphatic heterocycles. The summed E-state index contributed by atoms with van der Waals surface area (Å²) in [7, 11) is 1.61. The van der Waals surface area contributed by atoms with Gasteiger partial charge in [-0.3, -0.25) is 0 Å². The highest BCUT2D eigenvalue weighted by Crippen LogP contribution is 2.27. The number of benzene rings is 1. The molecule has 108 valence electrons. The summed E-state index contributed by atoms with van der Waals surface area (Å²) in [4.78, 5) is 0. The van der Waals surface area contributed by atoms with Crippen LogP contribution in [0.5, 0.6) is 5.75 Å². The van der Waals surface area contributed by atoms with Crippen LogP contribution in [0.2, 0.25) is 0 Å². The molecule has 0 bridgehead atoms. The molecule has 1 unspecified atom stereocenters. The van der Waals surface area contributed by atoms with Crippen molar-refractivity contribution in [3.63, 3.8) is 0 Å². The molecule has 0 fully saturated rings. The van der Waals surface area contributed by atoms with Crippen LogP contribution in [-0.2, 0) is 4.74 Å². The van der Waals surface area contributed by atoms with E-state index < -0.39 is 12.7 Å². The summed E-state index contributed by atoms with van der Waals surface area (Å²) in [5, 5.41) is 10.0. The number of ether oxygens (including phenoxy) is 2. The van der Waals surface area contributed by atoms with E-state index in [1.807, 2.05) is 13.8 Å². The maximum atomic E-state index is 12.1. The summed E-state index contributed by atoms with van der Waals surface area (Å²) < 4.78 is 33.8. The van der Waals surface area contributed by atoms with Crippen LogP contribution in [0.15, 0.2) is 24.3 Å². The van der Waals surface area contributed by atoms with Gasteiger partial charge in [-0.15, -0.1) is 0 Å². The van der Waals surface area contributed by atoms with E-state index in [2.05, 4.69) is 4.74 Å². The largest absolute Gasteiger partial charge is 0.435 e. The molecule has 0 heterocycles. The second kappa shape index (κ2) is 6.82. The van der Waals surface area contributed by atoms with Gasteiger partial charge in [0.25, 0.3) is 0 Å². The van der Waals surface area contributed by atoms with Crippen LogP contribution in [0, 0.1) is 0 Å². The molecule has 0 spiro atoms. The van der Waals surface area contributed by atoms with Crippen LogP contribution in [0.25, 0.3) is 0 Å². The van der Waals surface area contributed by atoms with Gasteiger partial charge in [0.1, 0.15) is 5.75 Å². The maximum Gasteiger partial charge on any atom is 0.387 e. The normalized spacial score (nSPS) is 13.6. The van der Waals surface area contributed by atoms with E-state index in [-0.39, 0.29) is 11.4 Å².